The van der Waals surface area contributed by atoms with E-state index in [1.165, 1.54) is 7.11 Å². The van der Waals surface area contributed by atoms with Crippen LogP contribution < -0.4 is 16.0 Å². The maximum Gasteiger partial charge on any atom is 0.407 e. The fraction of sp³-hybridized carbons (Fsp3) is 0.222. The van der Waals surface area contributed by atoms with Gasteiger partial charge in [-0.2, -0.15) is 0 Å². The Balaban J connectivity index is 1.68. The van der Waals surface area contributed by atoms with Gasteiger partial charge in [0.25, 0.3) is 0 Å². The monoisotopic (exact) mass is 475 g/mol. The van der Waals surface area contributed by atoms with Crippen LogP contribution in [0.4, 0.5) is 10.5 Å². The Kier molecular flexibility index (Phi) is 9.39. The number of carbonyl (C=O) groups is 3. The molecule has 3 aromatic rings. The zero-order valence-electron chi connectivity index (χ0n) is 19.7. The number of esters is 1. The number of amides is 2. The number of methoxy groups -OCH3 is 1. The van der Waals surface area contributed by atoms with Gasteiger partial charge in [0.1, 0.15) is 13.2 Å². The molecule has 3 rings (SSSR count). The molecule has 35 heavy (non-hydrogen) atoms. The van der Waals surface area contributed by atoms with Crippen LogP contribution in [0.25, 0.3) is 0 Å². The second kappa shape index (κ2) is 12.9. The Morgan fingerprint density at radius 2 is 1.57 bits per heavy atom. The van der Waals surface area contributed by atoms with Crippen molar-refractivity contribution in [3.8, 4) is 0 Å². The predicted molar refractivity (Wildman–Crippen MR) is 133 cm³/mol. The summed E-state index contributed by atoms with van der Waals surface area (Å²) in [6.07, 6.45) is -0.685. The van der Waals surface area contributed by atoms with Gasteiger partial charge in [-0.15, -0.1) is 0 Å². The molecule has 3 N–H and O–H groups in total. The number of aryl methyl sites for hydroxylation is 1. The summed E-state index contributed by atoms with van der Waals surface area (Å²) in [6, 6.07) is 24.1. The number of hydrogen-bond acceptors (Lipinski definition) is 6. The molecule has 0 aliphatic heterocycles. The summed E-state index contributed by atoms with van der Waals surface area (Å²) in [5.41, 5.74) is 4.09. The standard InChI is InChI=1S/C27H29N3O5/c1-19-13-14-23(30-24(31)16-29-27(33)35-18-20-9-5-3-6-10-20)22(15-19)26(28-17-25(32)34-2)21-11-7-4-8-12-21/h3-15,26,28H,16-18H2,1-2H3,(H,29,33)(H,30,31)/t26-/m0/s1. The van der Waals surface area contributed by atoms with E-state index in [-0.39, 0.29) is 25.7 Å². The molecule has 0 heterocycles. The van der Waals surface area contributed by atoms with Gasteiger partial charge in [0.05, 0.1) is 19.7 Å². The Morgan fingerprint density at radius 1 is 0.886 bits per heavy atom. The summed E-state index contributed by atoms with van der Waals surface area (Å²) in [5, 5.41) is 8.53. The molecule has 3 aromatic carbocycles. The number of ether oxygens (including phenoxy) is 2. The Bertz CT molecular complexity index is 1140. The summed E-state index contributed by atoms with van der Waals surface area (Å²) in [5.74, 6) is -0.811. The van der Waals surface area contributed by atoms with Crippen molar-refractivity contribution in [3.63, 3.8) is 0 Å². The second-order valence-electron chi connectivity index (χ2n) is 7.85. The Labute approximate surface area is 204 Å². The van der Waals surface area contributed by atoms with Crippen LogP contribution in [0.3, 0.4) is 0 Å². The average molecular weight is 476 g/mol. The minimum absolute atomic E-state index is 0.00774. The number of anilines is 1. The van der Waals surface area contributed by atoms with Gasteiger partial charge < -0.3 is 20.1 Å². The molecule has 0 saturated carbocycles. The first kappa shape index (κ1) is 25.5. The van der Waals surface area contributed by atoms with Crippen molar-refractivity contribution in [2.45, 2.75) is 19.6 Å². The van der Waals surface area contributed by atoms with Gasteiger partial charge in [-0.25, -0.2) is 4.79 Å². The molecular weight excluding hydrogens is 446 g/mol. The van der Waals surface area contributed by atoms with Crippen molar-refractivity contribution >= 4 is 23.7 Å². The highest BCUT2D eigenvalue weighted by Gasteiger charge is 2.20. The minimum Gasteiger partial charge on any atom is -0.468 e. The van der Waals surface area contributed by atoms with Crippen LogP contribution in [0.5, 0.6) is 0 Å². The highest BCUT2D eigenvalue weighted by atomic mass is 16.5. The fourth-order valence-corrected chi connectivity index (χ4v) is 3.47. The van der Waals surface area contributed by atoms with Gasteiger partial charge in [-0.3, -0.25) is 14.9 Å². The third-order valence-electron chi connectivity index (χ3n) is 5.21. The van der Waals surface area contributed by atoms with Crippen LogP contribution in [0.2, 0.25) is 0 Å². The molecule has 0 aromatic heterocycles. The van der Waals surface area contributed by atoms with Crippen molar-refractivity contribution in [1.29, 1.82) is 0 Å². The highest BCUT2D eigenvalue weighted by Crippen LogP contribution is 2.29. The first-order valence-corrected chi connectivity index (χ1v) is 11.2. The average Bonchev–Trinajstić information content (AvgIpc) is 2.89. The van der Waals surface area contributed by atoms with E-state index in [2.05, 4.69) is 16.0 Å². The van der Waals surface area contributed by atoms with Crippen LogP contribution in [0, 0.1) is 6.92 Å². The van der Waals surface area contributed by atoms with Gasteiger partial charge >= 0.3 is 12.1 Å². The Morgan fingerprint density at radius 3 is 2.26 bits per heavy atom. The molecular formula is C27H29N3O5. The largest absolute Gasteiger partial charge is 0.468 e. The molecule has 0 fully saturated rings. The zero-order chi connectivity index (χ0) is 25.0. The van der Waals surface area contributed by atoms with E-state index in [1.54, 1.807) is 6.07 Å². The van der Waals surface area contributed by atoms with Crippen LogP contribution in [-0.2, 0) is 25.7 Å². The third-order valence-corrected chi connectivity index (χ3v) is 5.21. The first-order valence-electron chi connectivity index (χ1n) is 11.2. The van der Waals surface area contributed by atoms with Gasteiger partial charge in [-0.1, -0.05) is 78.4 Å². The predicted octanol–water partition coefficient (Wildman–Crippen LogP) is 3.71. The lowest BCUT2D eigenvalue weighted by atomic mass is 9.95. The maximum atomic E-state index is 12.6. The van der Waals surface area contributed by atoms with E-state index in [1.807, 2.05) is 79.7 Å². The molecule has 0 saturated heterocycles. The van der Waals surface area contributed by atoms with Crippen molar-refractivity contribution < 1.29 is 23.9 Å². The van der Waals surface area contributed by atoms with Gasteiger partial charge in [0, 0.05) is 5.69 Å². The molecule has 0 radical (unpaired) electrons. The highest BCUT2D eigenvalue weighted by molar-refractivity contribution is 5.94. The van der Waals surface area contributed by atoms with Gasteiger partial charge in [-0.05, 0) is 29.7 Å². The molecule has 2 amide bonds. The fourth-order valence-electron chi connectivity index (χ4n) is 3.47. The lowest BCUT2D eigenvalue weighted by Gasteiger charge is -2.23. The third kappa shape index (κ3) is 7.97. The second-order valence-corrected chi connectivity index (χ2v) is 7.85. The van der Waals surface area contributed by atoms with Crippen molar-refractivity contribution in [3.05, 3.63) is 101 Å². The summed E-state index contributed by atoms with van der Waals surface area (Å²) >= 11 is 0. The molecule has 0 spiro atoms. The van der Waals surface area contributed by atoms with Crippen molar-refractivity contribution in [2.24, 2.45) is 0 Å². The van der Waals surface area contributed by atoms with E-state index >= 15 is 0 Å². The molecule has 0 unspecified atom stereocenters. The molecule has 0 aliphatic rings. The van der Waals surface area contributed by atoms with Gasteiger partial charge in [0.15, 0.2) is 0 Å². The topological polar surface area (TPSA) is 106 Å². The van der Waals surface area contributed by atoms with Crippen molar-refractivity contribution in [1.82, 2.24) is 10.6 Å². The summed E-state index contributed by atoms with van der Waals surface area (Å²) < 4.78 is 9.92. The molecule has 0 aliphatic carbocycles. The summed E-state index contributed by atoms with van der Waals surface area (Å²) in [4.78, 5) is 36.4. The number of hydrogen-bond donors (Lipinski definition) is 3. The van der Waals surface area contributed by atoms with Crippen LogP contribution >= 0.6 is 0 Å². The molecule has 0 bridgehead atoms. The normalized spacial score (nSPS) is 11.3. The van der Waals surface area contributed by atoms with E-state index in [9.17, 15) is 14.4 Å². The van der Waals surface area contributed by atoms with Crippen LogP contribution in [0.1, 0.15) is 28.3 Å². The van der Waals surface area contributed by atoms with E-state index < -0.39 is 18.0 Å². The van der Waals surface area contributed by atoms with Crippen molar-refractivity contribution in [2.75, 3.05) is 25.5 Å². The van der Waals surface area contributed by atoms with Crippen LogP contribution in [-0.4, -0.2) is 38.2 Å². The van der Waals surface area contributed by atoms with E-state index in [0.717, 1.165) is 22.3 Å². The number of nitrogens with one attached hydrogen (secondary N) is 3. The van der Waals surface area contributed by atoms with Gasteiger partial charge in [0.2, 0.25) is 5.91 Å². The lowest BCUT2D eigenvalue weighted by Crippen LogP contribution is -2.34. The number of benzene rings is 3. The van der Waals surface area contributed by atoms with E-state index in [0.29, 0.717) is 5.69 Å². The summed E-state index contributed by atoms with van der Waals surface area (Å²) in [7, 11) is 1.33. The molecule has 8 heteroatoms. The quantitative estimate of drug-likeness (QED) is 0.386. The molecule has 8 nitrogen and oxygen atoms in total. The molecule has 1 atom stereocenters. The SMILES string of the molecule is COC(=O)CN[C@@H](c1ccccc1)c1cc(C)ccc1NC(=O)CNC(=O)OCc1ccccc1. The minimum atomic E-state index is -0.685. The Hall–Kier alpha value is -4.17. The summed E-state index contributed by atoms with van der Waals surface area (Å²) in [6.45, 7) is 1.79. The maximum absolute atomic E-state index is 12.6. The smallest absolute Gasteiger partial charge is 0.407 e. The zero-order valence-corrected chi connectivity index (χ0v) is 19.7. The molecule has 182 valence electrons. The van der Waals surface area contributed by atoms with Crippen LogP contribution in [0.15, 0.2) is 78.9 Å². The van der Waals surface area contributed by atoms with E-state index in [4.69, 9.17) is 9.47 Å². The number of alkyl carbamates (subject to hydrolysis) is 1. The lowest BCUT2D eigenvalue weighted by molar-refractivity contribution is -0.139. The number of carbonyl (C=O) groups excluding carboxylic acids is 3. The first-order chi connectivity index (χ1) is 17.0. The number of rotatable bonds is 10.